The van der Waals surface area contributed by atoms with Crippen LogP contribution in [-0.4, -0.2) is 29.1 Å². The highest BCUT2D eigenvalue weighted by Crippen LogP contribution is 2.18. The molecule has 1 heterocycles. The molecule has 1 aromatic rings. The predicted octanol–water partition coefficient (Wildman–Crippen LogP) is 1.12. The first kappa shape index (κ1) is 10.3. The van der Waals surface area contributed by atoms with Gasteiger partial charge in [0.05, 0.1) is 12.7 Å². The molecule has 76 valence electrons. The Hall–Kier alpha value is -1.78. The molecule has 0 atom stereocenters. The second kappa shape index (κ2) is 3.53. The van der Waals surface area contributed by atoms with Crippen LogP contribution in [0.25, 0.3) is 0 Å². The van der Waals surface area contributed by atoms with Crippen LogP contribution in [0.3, 0.4) is 0 Å². The van der Waals surface area contributed by atoms with E-state index < -0.39 is 11.9 Å². The van der Waals surface area contributed by atoms with Gasteiger partial charge >= 0.3 is 11.9 Å². The SMILES string of the molecule is COC(=O)c1[nH]c(C)c(C(=O)O)c1C. The summed E-state index contributed by atoms with van der Waals surface area (Å²) < 4.78 is 4.50. The Kier molecular flexibility index (Phi) is 2.60. The van der Waals surface area contributed by atoms with Crippen molar-refractivity contribution in [3.05, 3.63) is 22.5 Å². The molecule has 1 rings (SSSR count). The summed E-state index contributed by atoms with van der Waals surface area (Å²) in [5, 5.41) is 8.84. The Bertz CT molecular complexity index is 392. The number of aromatic nitrogens is 1. The van der Waals surface area contributed by atoms with Gasteiger partial charge in [0, 0.05) is 5.69 Å². The number of rotatable bonds is 2. The number of ether oxygens (including phenoxy) is 1. The van der Waals surface area contributed by atoms with Crippen LogP contribution in [0.2, 0.25) is 0 Å². The number of aromatic amines is 1. The molecule has 0 bridgehead atoms. The first-order valence-electron chi connectivity index (χ1n) is 3.99. The molecule has 0 unspecified atom stereocenters. The number of hydrogen-bond acceptors (Lipinski definition) is 3. The van der Waals surface area contributed by atoms with E-state index in [4.69, 9.17) is 5.11 Å². The van der Waals surface area contributed by atoms with E-state index in [1.807, 2.05) is 0 Å². The van der Waals surface area contributed by atoms with E-state index in [0.29, 0.717) is 11.3 Å². The number of methoxy groups -OCH3 is 1. The van der Waals surface area contributed by atoms with Gasteiger partial charge in [-0.3, -0.25) is 0 Å². The molecule has 0 fully saturated rings. The zero-order valence-electron chi connectivity index (χ0n) is 8.17. The minimum absolute atomic E-state index is 0.130. The summed E-state index contributed by atoms with van der Waals surface area (Å²) in [7, 11) is 1.25. The molecule has 0 spiro atoms. The van der Waals surface area contributed by atoms with Crippen LogP contribution in [0.5, 0.6) is 0 Å². The fourth-order valence-corrected chi connectivity index (χ4v) is 1.38. The average Bonchev–Trinajstić information content (AvgIpc) is 2.40. The normalized spacial score (nSPS) is 9.93. The number of aromatic carboxylic acids is 1. The molecular formula is C9H11NO4. The van der Waals surface area contributed by atoms with E-state index >= 15 is 0 Å². The minimum atomic E-state index is -1.05. The van der Waals surface area contributed by atoms with Gasteiger partial charge in [0.2, 0.25) is 0 Å². The summed E-state index contributed by atoms with van der Waals surface area (Å²) in [5.74, 6) is -1.61. The standard InChI is InChI=1S/C9H11NO4/c1-4-6(8(11)12)5(2)10-7(4)9(13)14-3/h10H,1-3H3,(H,11,12). The van der Waals surface area contributed by atoms with Crippen molar-refractivity contribution in [1.82, 2.24) is 4.98 Å². The number of carboxylic acid groups (broad SMARTS) is 1. The van der Waals surface area contributed by atoms with Gasteiger partial charge in [-0.25, -0.2) is 9.59 Å². The zero-order valence-corrected chi connectivity index (χ0v) is 8.17. The number of carboxylic acids is 1. The predicted molar refractivity (Wildman–Crippen MR) is 48.6 cm³/mol. The number of carbonyl (C=O) groups is 2. The lowest BCUT2D eigenvalue weighted by Gasteiger charge is -1.96. The maximum absolute atomic E-state index is 11.2. The van der Waals surface area contributed by atoms with Gasteiger partial charge in [0.15, 0.2) is 0 Å². The Labute approximate surface area is 80.7 Å². The zero-order chi connectivity index (χ0) is 10.9. The molecule has 0 saturated carbocycles. The van der Waals surface area contributed by atoms with Crippen molar-refractivity contribution in [2.75, 3.05) is 7.11 Å². The molecule has 5 heteroatoms. The first-order chi connectivity index (χ1) is 6.49. The Balaban J connectivity index is 3.30. The second-order valence-corrected chi connectivity index (χ2v) is 2.92. The third kappa shape index (κ3) is 1.48. The molecule has 0 aliphatic rings. The van der Waals surface area contributed by atoms with Gasteiger partial charge in [-0.1, -0.05) is 0 Å². The van der Waals surface area contributed by atoms with Crippen molar-refractivity contribution in [3.63, 3.8) is 0 Å². The summed E-state index contributed by atoms with van der Waals surface area (Å²) >= 11 is 0. The summed E-state index contributed by atoms with van der Waals surface area (Å²) in [6, 6.07) is 0. The van der Waals surface area contributed by atoms with Crippen molar-refractivity contribution in [2.24, 2.45) is 0 Å². The van der Waals surface area contributed by atoms with Gasteiger partial charge in [-0.2, -0.15) is 0 Å². The summed E-state index contributed by atoms with van der Waals surface area (Å²) in [6.07, 6.45) is 0. The van der Waals surface area contributed by atoms with Crippen molar-refractivity contribution >= 4 is 11.9 Å². The Morgan fingerprint density at radius 3 is 2.29 bits per heavy atom. The number of H-pyrrole nitrogens is 1. The topological polar surface area (TPSA) is 79.4 Å². The highest BCUT2D eigenvalue weighted by Gasteiger charge is 2.21. The van der Waals surface area contributed by atoms with Gasteiger partial charge in [-0.05, 0) is 19.4 Å². The van der Waals surface area contributed by atoms with Crippen molar-refractivity contribution in [1.29, 1.82) is 0 Å². The third-order valence-electron chi connectivity index (χ3n) is 2.04. The van der Waals surface area contributed by atoms with Crippen LogP contribution in [0.1, 0.15) is 32.1 Å². The van der Waals surface area contributed by atoms with Crippen LogP contribution in [0, 0.1) is 13.8 Å². The van der Waals surface area contributed by atoms with E-state index in [1.165, 1.54) is 7.11 Å². The average molecular weight is 197 g/mol. The van der Waals surface area contributed by atoms with Crippen LogP contribution in [-0.2, 0) is 4.74 Å². The highest BCUT2D eigenvalue weighted by atomic mass is 16.5. The Morgan fingerprint density at radius 1 is 1.36 bits per heavy atom. The van der Waals surface area contributed by atoms with Crippen molar-refractivity contribution < 1.29 is 19.4 Å². The number of nitrogens with one attached hydrogen (secondary N) is 1. The molecule has 0 saturated heterocycles. The highest BCUT2D eigenvalue weighted by molar-refractivity contribution is 5.97. The molecule has 5 nitrogen and oxygen atoms in total. The summed E-state index contributed by atoms with van der Waals surface area (Å²) in [5.41, 5.74) is 1.19. The van der Waals surface area contributed by atoms with E-state index in [0.717, 1.165) is 0 Å². The minimum Gasteiger partial charge on any atom is -0.478 e. The van der Waals surface area contributed by atoms with Crippen LogP contribution in [0.15, 0.2) is 0 Å². The number of hydrogen-bond donors (Lipinski definition) is 2. The molecule has 2 N–H and O–H groups in total. The number of esters is 1. The first-order valence-corrected chi connectivity index (χ1v) is 3.99. The van der Waals surface area contributed by atoms with Crippen molar-refractivity contribution in [3.8, 4) is 0 Å². The summed E-state index contributed by atoms with van der Waals surface area (Å²) in [6.45, 7) is 3.17. The van der Waals surface area contributed by atoms with Gasteiger partial charge in [0.25, 0.3) is 0 Å². The fourth-order valence-electron chi connectivity index (χ4n) is 1.38. The Morgan fingerprint density at radius 2 is 1.93 bits per heavy atom. The lowest BCUT2D eigenvalue weighted by atomic mass is 10.1. The molecule has 1 aromatic heterocycles. The van der Waals surface area contributed by atoms with Gasteiger partial charge < -0.3 is 14.8 Å². The number of carbonyl (C=O) groups excluding carboxylic acids is 1. The molecule has 0 amide bonds. The second-order valence-electron chi connectivity index (χ2n) is 2.92. The van der Waals surface area contributed by atoms with E-state index in [-0.39, 0.29) is 11.3 Å². The maximum Gasteiger partial charge on any atom is 0.354 e. The largest absolute Gasteiger partial charge is 0.478 e. The smallest absolute Gasteiger partial charge is 0.354 e. The van der Waals surface area contributed by atoms with Crippen LogP contribution < -0.4 is 0 Å². The van der Waals surface area contributed by atoms with Gasteiger partial charge in [-0.15, -0.1) is 0 Å². The molecular weight excluding hydrogens is 186 g/mol. The third-order valence-corrected chi connectivity index (χ3v) is 2.04. The lowest BCUT2D eigenvalue weighted by molar-refractivity contribution is 0.0593. The molecule has 14 heavy (non-hydrogen) atoms. The monoisotopic (exact) mass is 197 g/mol. The van der Waals surface area contributed by atoms with E-state index in [1.54, 1.807) is 13.8 Å². The fraction of sp³-hybridized carbons (Fsp3) is 0.333. The lowest BCUT2D eigenvalue weighted by Crippen LogP contribution is -2.04. The number of aryl methyl sites for hydroxylation is 1. The maximum atomic E-state index is 11.2. The molecule has 0 aliphatic carbocycles. The molecule has 0 radical (unpaired) electrons. The van der Waals surface area contributed by atoms with Gasteiger partial charge in [0.1, 0.15) is 5.69 Å². The van der Waals surface area contributed by atoms with Crippen molar-refractivity contribution in [2.45, 2.75) is 13.8 Å². The van der Waals surface area contributed by atoms with Crippen LogP contribution >= 0.6 is 0 Å². The molecule has 0 aliphatic heterocycles. The quantitative estimate of drug-likeness (QED) is 0.696. The summed E-state index contributed by atoms with van der Waals surface area (Å²) in [4.78, 5) is 24.7. The van der Waals surface area contributed by atoms with E-state index in [9.17, 15) is 9.59 Å². The molecule has 0 aromatic carbocycles. The van der Waals surface area contributed by atoms with Crippen LogP contribution in [0.4, 0.5) is 0 Å². The van der Waals surface area contributed by atoms with E-state index in [2.05, 4.69) is 9.72 Å².